The summed E-state index contributed by atoms with van der Waals surface area (Å²) in [5.74, 6) is 0. The average molecular weight is 405 g/mol. The van der Waals surface area contributed by atoms with Gasteiger partial charge in [-0.2, -0.15) is 14.3 Å². The van der Waals surface area contributed by atoms with Crippen molar-refractivity contribution in [1.82, 2.24) is 0 Å². The molecule has 1 aliphatic heterocycles. The Balaban J connectivity index is 0.00000529. The van der Waals surface area contributed by atoms with Gasteiger partial charge in [0.1, 0.15) is 0 Å². The fraction of sp³-hybridized carbons (Fsp3) is 0.882. The molecular formula is C17H35BO3Si2V. The Morgan fingerprint density at radius 1 is 0.958 bits per heavy atom. The quantitative estimate of drug-likeness (QED) is 0.466. The molecule has 1 heterocycles. The summed E-state index contributed by atoms with van der Waals surface area (Å²) in [5.41, 5.74) is 1.51. The minimum atomic E-state index is -2.45. The van der Waals surface area contributed by atoms with E-state index in [2.05, 4.69) is 61.8 Å². The summed E-state index contributed by atoms with van der Waals surface area (Å²) in [6.07, 6.45) is 4.52. The average Bonchev–Trinajstić information content (AvgIpc) is 2.40. The van der Waals surface area contributed by atoms with Gasteiger partial charge in [-0.25, -0.2) is 0 Å². The topological polar surface area (TPSA) is 27.7 Å². The van der Waals surface area contributed by atoms with E-state index < -0.39 is 17.1 Å². The van der Waals surface area contributed by atoms with Crippen LogP contribution >= 0.6 is 0 Å². The second kappa shape index (κ2) is 10.3. The van der Waals surface area contributed by atoms with Crippen molar-refractivity contribution in [2.45, 2.75) is 90.1 Å². The number of hydrogen-bond acceptors (Lipinski definition) is 3. The zero-order valence-corrected chi connectivity index (χ0v) is 20.1. The van der Waals surface area contributed by atoms with Gasteiger partial charge in [-0.05, 0) is 22.2 Å². The van der Waals surface area contributed by atoms with Gasteiger partial charge in [-0.3, -0.25) is 6.42 Å². The van der Waals surface area contributed by atoms with Crippen LogP contribution < -0.4 is 0 Å². The normalized spacial score (nSPS) is 24.1. The van der Waals surface area contributed by atoms with E-state index in [0.29, 0.717) is 35.2 Å². The van der Waals surface area contributed by atoms with Gasteiger partial charge in [0.15, 0.2) is 0 Å². The van der Waals surface area contributed by atoms with Crippen LogP contribution in [0.4, 0.5) is 0 Å². The van der Waals surface area contributed by atoms with E-state index in [9.17, 15) is 0 Å². The van der Waals surface area contributed by atoms with E-state index in [-0.39, 0.29) is 24.7 Å². The Labute approximate surface area is 165 Å². The van der Waals surface area contributed by atoms with Crippen LogP contribution in [-0.2, 0) is 31.5 Å². The third-order valence-electron chi connectivity index (χ3n) is 4.91. The van der Waals surface area contributed by atoms with Crippen LogP contribution in [0.1, 0.15) is 61.8 Å². The molecule has 1 atom stereocenters. The summed E-state index contributed by atoms with van der Waals surface area (Å²) < 4.78 is 20.2. The predicted molar refractivity (Wildman–Crippen MR) is 103 cm³/mol. The smallest absolute Gasteiger partial charge is 0.427 e. The largest absolute Gasteiger partial charge is 2.00 e. The van der Waals surface area contributed by atoms with E-state index in [1.54, 1.807) is 6.32 Å². The van der Waals surface area contributed by atoms with Crippen molar-refractivity contribution in [2.24, 2.45) is 0 Å². The maximum absolute atomic E-state index is 7.05. The second-order valence-corrected chi connectivity index (χ2v) is 16.7. The molecule has 0 spiro atoms. The van der Waals surface area contributed by atoms with Crippen molar-refractivity contribution in [1.29, 1.82) is 0 Å². The molecular weight excluding hydrogens is 370 g/mol. The zero-order valence-electron chi connectivity index (χ0n) is 16.7. The molecule has 0 aliphatic carbocycles. The van der Waals surface area contributed by atoms with Crippen molar-refractivity contribution >= 4 is 25.0 Å². The summed E-state index contributed by atoms with van der Waals surface area (Å²) in [7, 11) is 0.837. The van der Waals surface area contributed by atoms with Gasteiger partial charge in [0.05, 0.1) is 0 Å². The molecule has 1 fully saturated rings. The fourth-order valence-electron chi connectivity index (χ4n) is 3.56. The summed E-state index contributed by atoms with van der Waals surface area (Å²) in [6.45, 7) is 18.5. The van der Waals surface area contributed by atoms with Crippen molar-refractivity contribution < 1.29 is 31.5 Å². The van der Waals surface area contributed by atoms with Gasteiger partial charge in [0, 0.05) is 0 Å². The molecule has 1 rings (SSSR count). The van der Waals surface area contributed by atoms with Crippen molar-refractivity contribution in [3.8, 4) is 0 Å². The molecule has 137 valence electrons. The monoisotopic (exact) mass is 405 g/mol. The minimum Gasteiger partial charge on any atom is -0.427 e. The molecule has 0 aromatic heterocycles. The van der Waals surface area contributed by atoms with Gasteiger partial charge in [0.25, 0.3) is 0 Å². The second-order valence-electron chi connectivity index (χ2n) is 7.84. The maximum atomic E-state index is 7.05. The van der Waals surface area contributed by atoms with Crippen LogP contribution in [0, 0.1) is 12.7 Å². The first-order chi connectivity index (χ1) is 10.6. The first kappa shape index (κ1) is 25.0. The zero-order chi connectivity index (χ0) is 17.8. The van der Waals surface area contributed by atoms with Crippen LogP contribution in [0.15, 0.2) is 0 Å². The van der Waals surface area contributed by atoms with Gasteiger partial charge in [-0.15, -0.1) is 6.10 Å². The Morgan fingerprint density at radius 3 is 1.79 bits per heavy atom. The van der Waals surface area contributed by atoms with E-state index in [1.165, 1.54) is 0 Å². The summed E-state index contributed by atoms with van der Waals surface area (Å²) >= 11 is 0. The van der Waals surface area contributed by atoms with Crippen LogP contribution in [0.25, 0.3) is 0 Å². The molecule has 3 nitrogen and oxygen atoms in total. The molecule has 0 aromatic carbocycles. The minimum absolute atomic E-state index is 0. The van der Waals surface area contributed by atoms with Crippen LogP contribution in [-0.4, -0.2) is 37.7 Å². The molecule has 3 radical (unpaired) electrons. The van der Waals surface area contributed by atoms with Crippen LogP contribution in [0.3, 0.4) is 0 Å². The predicted octanol–water partition coefficient (Wildman–Crippen LogP) is 4.86. The third kappa shape index (κ3) is 5.24. The van der Waals surface area contributed by atoms with Crippen molar-refractivity contribution in [3.05, 3.63) is 12.7 Å². The maximum Gasteiger partial charge on any atom is 2.00 e. The summed E-state index contributed by atoms with van der Waals surface area (Å²) in [6, 6.07) is 0. The van der Waals surface area contributed by atoms with Gasteiger partial charge >= 0.3 is 35.7 Å². The van der Waals surface area contributed by atoms with E-state index in [4.69, 9.17) is 20.8 Å². The van der Waals surface area contributed by atoms with Gasteiger partial charge in [-0.1, -0.05) is 62.0 Å². The van der Waals surface area contributed by atoms with E-state index in [0.717, 1.165) is 0 Å². The Morgan fingerprint density at radius 2 is 1.42 bits per heavy atom. The van der Waals surface area contributed by atoms with Crippen molar-refractivity contribution in [3.63, 3.8) is 0 Å². The number of hydrogen-bond donors (Lipinski definition) is 0. The van der Waals surface area contributed by atoms with Crippen LogP contribution in [0.2, 0.25) is 22.2 Å². The first-order valence-electron chi connectivity index (χ1n) is 9.01. The molecule has 0 saturated carbocycles. The Bertz CT molecular complexity index is 352. The first-order valence-corrected chi connectivity index (χ1v) is 12.9. The fourth-order valence-corrected chi connectivity index (χ4v) is 14.7. The van der Waals surface area contributed by atoms with Crippen LogP contribution in [0.5, 0.6) is 0 Å². The molecule has 7 heteroatoms. The summed E-state index contributed by atoms with van der Waals surface area (Å²) in [5, 5.41) is 0. The Hall–Kier alpha value is 0.963. The molecule has 1 aliphatic rings. The molecule has 24 heavy (non-hydrogen) atoms. The van der Waals surface area contributed by atoms with Gasteiger partial charge in [0.2, 0.25) is 0 Å². The standard InChI is InChI=1S/C17H35BO3Si2.V/c1-13(2)22(14(3)4)19-12-10-17(9-11-18)20-23(21-22,15(5)6)16(7)8;/h10-11,13-17H,9,12H2,1-8H3;/q-2;+2. The molecule has 0 bridgehead atoms. The van der Waals surface area contributed by atoms with E-state index in [1.807, 2.05) is 0 Å². The Kier molecular flexibility index (Phi) is 10.8. The van der Waals surface area contributed by atoms with Crippen molar-refractivity contribution in [2.75, 3.05) is 6.61 Å². The SMILES string of the molecule is [B][CH-]CC1[CH-]CO[Si](C(C)C)(C(C)C)O[Si](C(C)C)(C(C)C)O1.[V+2]. The van der Waals surface area contributed by atoms with E-state index >= 15 is 0 Å². The number of rotatable bonds is 6. The molecule has 0 amide bonds. The molecule has 0 aromatic rings. The van der Waals surface area contributed by atoms with Gasteiger partial charge < -0.3 is 19.3 Å². The third-order valence-corrected chi connectivity index (χ3v) is 15.2. The summed E-state index contributed by atoms with van der Waals surface area (Å²) in [4.78, 5) is 0. The molecule has 1 unspecified atom stereocenters. The molecule has 0 N–H and O–H groups in total. The molecule has 1 saturated heterocycles.